The van der Waals surface area contributed by atoms with Gasteiger partial charge in [0.05, 0.1) is 6.42 Å². The monoisotopic (exact) mass is 221 g/mol. The number of oxazole rings is 1. The molecule has 0 atom stereocenters. The molecule has 2 rings (SSSR count). The van der Waals surface area contributed by atoms with Crippen LogP contribution in [0.5, 0.6) is 0 Å². The van der Waals surface area contributed by atoms with E-state index in [0.717, 1.165) is 0 Å². The third-order valence-electron chi connectivity index (χ3n) is 2.03. The molecule has 0 aliphatic heterocycles. The zero-order valence-electron chi connectivity index (χ0n) is 8.01. The van der Waals surface area contributed by atoms with Gasteiger partial charge < -0.3 is 14.6 Å². The molecule has 0 saturated carbocycles. The number of carbonyl (C=O) groups is 2. The van der Waals surface area contributed by atoms with E-state index in [0.29, 0.717) is 5.56 Å². The van der Waals surface area contributed by atoms with Gasteiger partial charge >= 0.3 is 17.8 Å². The molecule has 1 aromatic carbocycles. The van der Waals surface area contributed by atoms with Gasteiger partial charge in [-0.1, -0.05) is 12.1 Å². The zero-order valence-corrected chi connectivity index (χ0v) is 8.01. The van der Waals surface area contributed by atoms with Crippen LogP contribution in [0.1, 0.15) is 16.2 Å². The predicted octanol–water partition coefficient (Wildman–Crippen LogP) is 1.15. The summed E-state index contributed by atoms with van der Waals surface area (Å²) in [5.74, 6) is -2.72. The van der Waals surface area contributed by atoms with Gasteiger partial charge in [-0.05, 0) is 11.6 Å². The summed E-state index contributed by atoms with van der Waals surface area (Å²) in [4.78, 5) is 24.9. The summed E-state index contributed by atoms with van der Waals surface area (Å²) in [6.07, 6.45) is -0.219. The molecule has 16 heavy (non-hydrogen) atoms. The van der Waals surface area contributed by atoms with Crippen LogP contribution in [0.25, 0.3) is 11.1 Å². The highest BCUT2D eigenvalue weighted by Gasteiger charge is 2.15. The normalized spacial score (nSPS) is 10.5. The molecule has 0 unspecified atom stereocenters. The Morgan fingerprint density at radius 3 is 2.69 bits per heavy atom. The predicted molar refractivity (Wildman–Crippen MR) is 52.3 cm³/mol. The van der Waals surface area contributed by atoms with E-state index in [-0.39, 0.29) is 17.5 Å². The Morgan fingerprint density at radius 2 is 2.06 bits per heavy atom. The zero-order chi connectivity index (χ0) is 11.7. The summed E-state index contributed by atoms with van der Waals surface area (Å²) < 4.78 is 4.95. The van der Waals surface area contributed by atoms with Crippen molar-refractivity contribution in [2.75, 3.05) is 0 Å². The Balaban J connectivity index is 2.58. The van der Waals surface area contributed by atoms with E-state index < -0.39 is 17.8 Å². The van der Waals surface area contributed by atoms with Crippen molar-refractivity contribution in [1.29, 1.82) is 0 Å². The minimum absolute atomic E-state index is 0.219. The topological polar surface area (TPSA) is 101 Å². The number of benzene rings is 1. The lowest BCUT2D eigenvalue weighted by Crippen LogP contribution is -2.01. The summed E-state index contributed by atoms with van der Waals surface area (Å²) in [6.45, 7) is 0. The lowest BCUT2D eigenvalue weighted by molar-refractivity contribution is -0.136. The molecular weight excluding hydrogens is 214 g/mol. The van der Waals surface area contributed by atoms with Crippen molar-refractivity contribution in [1.82, 2.24) is 4.98 Å². The Bertz CT molecular complexity index is 572. The minimum atomic E-state index is -1.28. The number of carboxylic acids is 2. The number of hydrogen-bond donors (Lipinski definition) is 2. The highest BCUT2D eigenvalue weighted by atomic mass is 16.4. The van der Waals surface area contributed by atoms with Crippen molar-refractivity contribution in [2.45, 2.75) is 6.42 Å². The summed E-state index contributed by atoms with van der Waals surface area (Å²) >= 11 is 0. The molecule has 0 aliphatic carbocycles. The van der Waals surface area contributed by atoms with Crippen molar-refractivity contribution in [3.8, 4) is 0 Å². The van der Waals surface area contributed by atoms with E-state index >= 15 is 0 Å². The van der Waals surface area contributed by atoms with Crippen molar-refractivity contribution < 1.29 is 24.2 Å². The van der Waals surface area contributed by atoms with Crippen LogP contribution in [-0.2, 0) is 11.2 Å². The number of rotatable bonds is 3. The molecule has 6 heteroatoms. The molecule has 2 aromatic rings. The second-order valence-electron chi connectivity index (χ2n) is 3.16. The van der Waals surface area contributed by atoms with E-state index in [9.17, 15) is 9.59 Å². The molecule has 2 N–H and O–H groups in total. The quantitative estimate of drug-likeness (QED) is 0.806. The number of hydrogen-bond acceptors (Lipinski definition) is 4. The maximum absolute atomic E-state index is 10.6. The van der Waals surface area contributed by atoms with Crippen molar-refractivity contribution >= 4 is 23.0 Å². The van der Waals surface area contributed by atoms with Crippen molar-refractivity contribution in [3.05, 3.63) is 29.7 Å². The molecule has 1 heterocycles. The van der Waals surface area contributed by atoms with E-state index in [2.05, 4.69) is 4.98 Å². The number of aromatic nitrogens is 1. The average molecular weight is 221 g/mol. The van der Waals surface area contributed by atoms with E-state index in [4.69, 9.17) is 14.6 Å². The molecule has 1 aromatic heterocycles. The van der Waals surface area contributed by atoms with Crippen LogP contribution in [0.2, 0.25) is 0 Å². The van der Waals surface area contributed by atoms with E-state index in [1.165, 1.54) is 0 Å². The van der Waals surface area contributed by atoms with Gasteiger partial charge in [0, 0.05) is 0 Å². The Hall–Kier alpha value is -2.37. The molecular formula is C10H7NO5. The van der Waals surface area contributed by atoms with Gasteiger partial charge in [0.2, 0.25) is 0 Å². The summed E-state index contributed by atoms with van der Waals surface area (Å²) in [6, 6.07) is 4.71. The van der Waals surface area contributed by atoms with Gasteiger partial charge in [-0.15, -0.1) is 0 Å². The first kappa shape index (κ1) is 10.2. The van der Waals surface area contributed by atoms with Gasteiger partial charge in [0.25, 0.3) is 0 Å². The third kappa shape index (κ3) is 1.72. The molecule has 6 nitrogen and oxygen atoms in total. The van der Waals surface area contributed by atoms with Crippen molar-refractivity contribution in [2.24, 2.45) is 0 Å². The molecule has 0 saturated heterocycles. The molecule has 0 aliphatic rings. The van der Waals surface area contributed by atoms with Crippen LogP contribution < -0.4 is 0 Å². The summed E-state index contributed by atoms with van der Waals surface area (Å²) in [7, 11) is 0. The number of aliphatic carboxylic acids is 1. The fraction of sp³-hybridized carbons (Fsp3) is 0.100. The van der Waals surface area contributed by atoms with Gasteiger partial charge in [0.1, 0.15) is 5.52 Å². The lowest BCUT2D eigenvalue weighted by atomic mass is 10.1. The fourth-order valence-electron chi connectivity index (χ4n) is 1.40. The second kappa shape index (κ2) is 3.65. The van der Waals surface area contributed by atoms with Crippen molar-refractivity contribution in [3.63, 3.8) is 0 Å². The second-order valence-corrected chi connectivity index (χ2v) is 3.16. The maximum atomic E-state index is 10.6. The first-order valence-corrected chi connectivity index (χ1v) is 4.41. The first-order valence-electron chi connectivity index (χ1n) is 4.41. The highest BCUT2D eigenvalue weighted by Crippen LogP contribution is 2.20. The Labute approximate surface area is 89.1 Å². The smallest absolute Gasteiger partial charge is 0.392 e. The van der Waals surface area contributed by atoms with Gasteiger partial charge in [-0.2, -0.15) is 0 Å². The number of fused-ring (bicyclic) bond motifs is 1. The van der Waals surface area contributed by atoms with E-state index in [1.54, 1.807) is 18.2 Å². The fourth-order valence-corrected chi connectivity index (χ4v) is 1.40. The van der Waals surface area contributed by atoms with Gasteiger partial charge in [-0.3, -0.25) is 4.79 Å². The van der Waals surface area contributed by atoms with Crippen LogP contribution >= 0.6 is 0 Å². The molecule has 82 valence electrons. The average Bonchev–Trinajstić information content (AvgIpc) is 2.61. The van der Waals surface area contributed by atoms with Crippen LogP contribution in [0, 0.1) is 0 Å². The van der Waals surface area contributed by atoms with Crippen LogP contribution in [0.15, 0.2) is 22.6 Å². The Morgan fingerprint density at radius 1 is 1.31 bits per heavy atom. The number of para-hydroxylation sites is 1. The highest BCUT2D eigenvalue weighted by molar-refractivity contribution is 5.88. The minimum Gasteiger partial charge on any atom is -0.481 e. The number of nitrogens with zero attached hydrogens (tertiary/aromatic N) is 1. The van der Waals surface area contributed by atoms with Gasteiger partial charge in [-0.25, -0.2) is 9.78 Å². The SMILES string of the molecule is O=C(O)Cc1cccc2oc(C(=O)O)nc12. The summed E-state index contributed by atoms with van der Waals surface area (Å²) in [5, 5.41) is 17.4. The van der Waals surface area contributed by atoms with E-state index in [1.807, 2.05) is 0 Å². The first-order chi connectivity index (χ1) is 7.58. The molecule has 0 radical (unpaired) electrons. The van der Waals surface area contributed by atoms with Gasteiger partial charge in [0.15, 0.2) is 5.58 Å². The molecule has 0 spiro atoms. The van der Waals surface area contributed by atoms with Crippen LogP contribution in [0.4, 0.5) is 0 Å². The standard InChI is InChI=1S/C10H7NO5/c12-7(13)4-5-2-1-3-6-8(5)11-9(16-6)10(14)15/h1-3H,4H2,(H,12,13)(H,14,15). The Kier molecular flexibility index (Phi) is 2.32. The number of carboxylic acid groups (broad SMARTS) is 2. The molecule has 0 bridgehead atoms. The molecule has 0 fully saturated rings. The lowest BCUT2D eigenvalue weighted by Gasteiger charge is -1.95. The molecule has 0 amide bonds. The summed E-state index contributed by atoms with van der Waals surface area (Å²) in [5.41, 5.74) is 0.986. The number of aromatic carboxylic acids is 1. The third-order valence-corrected chi connectivity index (χ3v) is 2.03. The van der Waals surface area contributed by atoms with Crippen LogP contribution in [0.3, 0.4) is 0 Å². The largest absolute Gasteiger partial charge is 0.481 e. The van der Waals surface area contributed by atoms with Crippen LogP contribution in [-0.4, -0.2) is 27.1 Å². The maximum Gasteiger partial charge on any atom is 0.392 e.